The van der Waals surface area contributed by atoms with Gasteiger partial charge in [0, 0.05) is 5.56 Å². The topological polar surface area (TPSA) is 52.6 Å². The second-order valence-corrected chi connectivity index (χ2v) is 5.18. The van der Waals surface area contributed by atoms with Crippen LogP contribution in [0.5, 0.6) is 5.75 Å². The van der Waals surface area contributed by atoms with E-state index in [1.165, 1.54) is 49.6 Å². The number of hydrogen-bond donors (Lipinski definition) is 0. The molecule has 0 saturated carbocycles. The van der Waals surface area contributed by atoms with Crippen LogP contribution in [0, 0.1) is 5.82 Å². The Labute approximate surface area is 136 Å². The van der Waals surface area contributed by atoms with E-state index in [0.29, 0.717) is 5.75 Å². The summed E-state index contributed by atoms with van der Waals surface area (Å²) in [4.78, 5) is 23.9. The van der Waals surface area contributed by atoms with Crippen molar-refractivity contribution in [3.63, 3.8) is 0 Å². The fraction of sp³-hybridized carbons (Fsp3) is 0.0588. The molecule has 0 N–H and O–H groups in total. The molecule has 0 aromatic heterocycles. The fourth-order valence-corrected chi connectivity index (χ4v) is 2.43. The second kappa shape index (κ2) is 5.85. The first kappa shape index (κ1) is 15.2. The predicted molar refractivity (Wildman–Crippen MR) is 82.1 cm³/mol. The number of methoxy groups -OCH3 is 1. The Bertz CT molecular complexity index is 837. The highest BCUT2D eigenvalue weighted by atomic mass is 35.5. The summed E-state index contributed by atoms with van der Waals surface area (Å²) in [7, 11) is 1.25. The van der Waals surface area contributed by atoms with Gasteiger partial charge in [-0.2, -0.15) is 0 Å². The number of fused-ring (bicyclic) bond motifs is 1. The summed E-state index contributed by atoms with van der Waals surface area (Å²) in [5.74, 6) is -1.34. The maximum Gasteiger partial charge on any atom is 0.337 e. The Morgan fingerprint density at radius 2 is 2.09 bits per heavy atom. The number of carbonyl (C=O) groups is 2. The largest absolute Gasteiger partial charge is 0.465 e. The molecule has 0 atom stereocenters. The molecule has 116 valence electrons. The minimum absolute atomic E-state index is 0.0611. The van der Waals surface area contributed by atoms with Crippen LogP contribution < -0.4 is 4.74 Å². The molecule has 1 aliphatic heterocycles. The lowest BCUT2D eigenvalue weighted by Crippen LogP contribution is -2.03. The number of esters is 1. The highest BCUT2D eigenvalue weighted by Gasteiger charge is 2.29. The van der Waals surface area contributed by atoms with Crippen LogP contribution in [0.3, 0.4) is 0 Å². The van der Waals surface area contributed by atoms with Gasteiger partial charge in [-0.3, -0.25) is 4.79 Å². The molecule has 4 nitrogen and oxygen atoms in total. The van der Waals surface area contributed by atoms with Gasteiger partial charge in [-0.05, 0) is 36.4 Å². The lowest BCUT2D eigenvalue weighted by atomic mass is 10.1. The molecule has 0 unspecified atom stereocenters. The molecule has 0 fully saturated rings. The third-order valence-electron chi connectivity index (χ3n) is 3.36. The van der Waals surface area contributed by atoms with Gasteiger partial charge in [-0.15, -0.1) is 0 Å². The van der Waals surface area contributed by atoms with Crippen molar-refractivity contribution in [3.05, 3.63) is 69.7 Å². The summed E-state index contributed by atoms with van der Waals surface area (Å²) >= 11 is 5.94. The van der Waals surface area contributed by atoms with Crippen LogP contribution >= 0.6 is 11.6 Å². The SMILES string of the molecule is COC(=O)c1ccc2c(c1)C(=O)/C(=C/c1c(F)cccc1Cl)O2. The van der Waals surface area contributed by atoms with Gasteiger partial charge in [0.2, 0.25) is 5.78 Å². The van der Waals surface area contributed by atoms with E-state index >= 15 is 0 Å². The van der Waals surface area contributed by atoms with Crippen LogP contribution in [-0.4, -0.2) is 18.9 Å². The van der Waals surface area contributed by atoms with Gasteiger partial charge in [-0.1, -0.05) is 17.7 Å². The van der Waals surface area contributed by atoms with Gasteiger partial charge >= 0.3 is 5.97 Å². The number of hydrogen-bond acceptors (Lipinski definition) is 4. The van der Waals surface area contributed by atoms with E-state index in [-0.39, 0.29) is 27.5 Å². The lowest BCUT2D eigenvalue weighted by molar-refractivity contribution is 0.0600. The number of halogens is 2. The molecule has 6 heteroatoms. The van der Waals surface area contributed by atoms with Crippen molar-refractivity contribution in [2.75, 3.05) is 7.11 Å². The molecule has 0 bridgehead atoms. The van der Waals surface area contributed by atoms with Crippen LogP contribution in [0.2, 0.25) is 5.02 Å². The van der Waals surface area contributed by atoms with Crippen LogP contribution in [0.1, 0.15) is 26.3 Å². The third-order valence-corrected chi connectivity index (χ3v) is 3.69. The Morgan fingerprint density at radius 1 is 1.30 bits per heavy atom. The molecular weight excluding hydrogens is 323 g/mol. The van der Waals surface area contributed by atoms with Crippen molar-refractivity contribution in [3.8, 4) is 5.75 Å². The van der Waals surface area contributed by atoms with Crippen molar-refractivity contribution >= 4 is 29.4 Å². The quantitative estimate of drug-likeness (QED) is 0.618. The van der Waals surface area contributed by atoms with Crippen molar-refractivity contribution < 1.29 is 23.5 Å². The lowest BCUT2D eigenvalue weighted by Gasteiger charge is -2.02. The summed E-state index contributed by atoms with van der Waals surface area (Å²) in [5.41, 5.74) is 0.512. The maximum absolute atomic E-state index is 13.8. The summed E-state index contributed by atoms with van der Waals surface area (Å²) in [6.07, 6.45) is 1.25. The minimum atomic E-state index is -0.562. The Morgan fingerprint density at radius 3 is 2.78 bits per heavy atom. The molecule has 2 aromatic rings. The van der Waals surface area contributed by atoms with Crippen LogP contribution in [0.25, 0.3) is 6.08 Å². The molecule has 3 rings (SSSR count). The fourth-order valence-electron chi connectivity index (χ4n) is 2.21. The first-order chi connectivity index (χ1) is 11.0. The normalized spacial score (nSPS) is 14.6. The predicted octanol–water partition coefficient (Wildman–Crippen LogP) is 3.88. The summed E-state index contributed by atoms with van der Waals surface area (Å²) in [5, 5.41) is 0.167. The molecule has 0 aliphatic carbocycles. The average molecular weight is 333 g/mol. The van der Waals surface area contributed by atoms with Gasteiger partial charge in [-0.25, -0.2) is 9.18 Å². The zero-order chi connectivity index (χ0) is 16.6. The second-order valence-electron chi connectivity index (χ2n) is 4.78. The molecule has 0 spiro atoms. The Kier molecular flexibility index (Phi) is 3.88. The first-order valence-corrected chi connectivity index (χ1v) is 6.99. The zero-order valence-electron chi connectivity index (χ0n) is 11.9. The summed E-state index contributed by atoms with van der Waals surface area (Å²) in [6, 6.07) is 8.57. The molecule has 2 aromatic carbocycles. The van der Waals surface area contributed by atoms with E-state index in [1.807, 2.05) is 0 Å². The molecule has 0 saturated heterocycles. The molecular formula is C17H10ClFO4. The van der Waals surface area contributed by atoms with Gasteiger partial charge in [0.25, 0.3) is 0 Å². The zero-order valence-corrected chi connectivity index (χ0v) is 12.7. The van der Waals surface area contributed by atoms with Gasteiger partial charge in [0.1, 0.15) is 11.6 Å². The molecule has 23 heavy (non-hydrogen) atoms. The smallest absolute Gasteiger partial charge is 0.337 e. The number of ether oxygens (including phenoxy) is 2. The highest BCUT2D eigenvalue weighted by molar-refractivity contribution is 6.32. The summed E-state index contributed by atoms with van der Waals surface area (Å²) < 4.78 is 23.9. The maximum atomic E-state index is 13.8. The van der Waals surface area contributed by atoms with E-state index in [4.69, 9.17) is 16.3 Å². The number of rotatable bonds is 2. The van der Waals surface area contributed by atoms with Gasteiger partial charge < -0.3 is 9.47 Å². The Hall–Kier alpha value is -2.66. The van der Waals surface area contributed by atoms with Crippen LogP contribution in [0.4, 0.5) is 4.39 Å². The highest BCUT2D eigenvalue weighted by Crippen LogP contribution is 2.34. The van der Waals surface area contributed by atoms with Crippen molar-refractivity contribution in [2.24, 2.45) is 0 Å². The number of Topliss-reactive ketones (excluding diaryl/α,β-unsaturated/α-hetero) is 1. The number of ketones is 1. The van der Waals surface area contributed by atoms with E-state index in [0.717, 1.165) is 0 Å². The van der Waals surface area contributed by atoms with Crippen LogP contribution in [-0.2, 0) is 4.74 Å². The number of allylic oxidation sites excluding steroid dienone is 1. The Balaban J connectivity index is 2.01. The van der Waals surface area contributed by atoms with Gasteiger partial charge in [0.15, 0.2) is 5.76 Å². The summed E-state index contributed by atoms with van der Waals surface area (Å²) in [6.45, 7) is 0. The van der Waals surface area contributed by atoms with Crippen LogP contribution in [0.15, 0.2) is 42.2 Å². The monoisotopic (exact) mass is 332 g/mol. The van der Waals surface area contributed by atoms with Crippen molar-refractivity contribution in [1.82, 2.24) is 0 Å². The first-order valence-electron chi connectivity index (χ1n) is 6.62. The van der Waals surface area contributed by atoms with E-state index in [2.05, 4.69) is 4.74 Å². The average Bonchev–Trinajstić information content (AvgIpc) is 2.86. The molecule has 1 heterocycles. The van der Waals surface area contributed by atoms with Crippen molar-refractivity contribution in [2.45, 2.75) is 0 Å². The molecule has 0 amide bonds. The number of benzene rings is 2. The minimum Gasteiger partial charge on any atom is -0.465 e. The number of carbonyl (C=O) groups excluding carboxylic acids is 2. The molecule has 1 aliphatic rings. The van der Waals surface area contributed by atoms with E-state index in [1.54, 1.807) is 0 Å². The van der Waals surface area contributed by atoms with E-state index in [9.17, 15) is 14.0 Å². The van der Waals surface area contributed by atoms with Gasteiger partial charge in [0.05, 0.1) is 23.3 Å². The van der Waals surface area contributed by atoms with Crippen molar-refractivity contribution in [1.29, 1.82) is 0 Å². The van der Waals surface area contributed by atoms with E-state index < -0.39 is 17.6 Å². The standard InChI is InChI=1S/C17H10ClFO4/c1-22-17(21)9-5-6-14-11(7-9)16(20)15(23-14)8-10-12(18)3-2-4-13(10)19/h2-8H,1H3/b15-8-. The third kappa shape index (κ3) is 2.71. The molecule has 0 radical (unpaired) electrons.